The third kappa shape index (κ3) is 3.64. The average Bonchev–Trinajstić information content (AvgIpc) is 2.67. The minimum absolute atomic E-state index is 0.362. The quantitative estimate of drug-likeness (QED) is 0.591. The topological polar surface area (TPSA) is 39.2 Å². The summed E-state index contributed by atoms with van der Waals surface area (Å²) in [6.07, 6.45) is 4.55. The molecule has 1 aromatic rings. The van der Waals surface area contributed by atoms with Gasteiger partial charge in [-0.15, -0.1) is 22.9 Å². The van der Waals surface area contributed by atoms with Gasteiger partial charge in [0.15, 0.2) is 5.69 Å². The second-order valence-corrected chi connectivity index (χ2v) is 3.93. The SMILES string of the molecule is CCOC(=O)c1ncsc1C=CCCCl. The summed E-state index contributed by atoms with van der Waals surface area (Å²) >= 11 is 6.95. The Morgan fingerprint density at radius 2 is 2.53 bits per heavy atom. The van der Waals surface area contributed by atoms with Crippen molar-refractivity contribution in [3.63, 3.8) is 0 Å². The Labute approximate surface area is 97.7 Å². The van der Waals surface area contributed by atoms with E-state index in [2.05, 4.69) is 4.98 Å². The normalized spacial score (nSPS) is 10.8. The molecule has 0 aliphatic rings. The van der Waals surface area contributed by atoms with Crippen LogP contribution >= 0.6 is 22.9 Å². The number of hydrogen-bond acceptors (Lipinski definition) is 4. The molecular formula is C10H12ClNO2S. The summed E-state index contributed by atoms with van der Waals surface area (Å²) in [6, 6.07) is 0. The third-order valence-electron chi connectivity index (χ3n) is 1.61. The van der Waals surface area contributed by atoms with Crippen LogP contribution in [0.1, 0.15) is 28.7 Å². The molecule has 3 nitrogen and oxygen atoms in total. The molecular weight excluding hydrogens is 234 g/mol. The zero-order valence-electron chi connectivity index (χ0n) is 8.40. The van der Waals surface area contributed by atoms with Gasteiger partial charge in [-0.2, -0.15) is 0 Å². The van der Waals surface area contributed by atoms with Crippen LogP contribution in [0.4, 0.5) is 0 Å². The van der Waals surface area contributed by atoms with Crippen LogP contribution in [0, 0.1) is 0 Å². The summed E-state index contributed by atoms with van der Waals surface area (Å²) in [6.45, 7) is 2.13. The van der Waals surface area contributed by atoms with Gasteiger partial charge in [-0.25, -0.2) is 9.78 Å². The maximum absolute atomic E-state index is 11.4. The Morgan fingerprint density at radius 3 is 3.20 bits per heavy atom. The maximum Gasteiger partial charge on any atom is 0.358 e. The zero-order valence-corrected chi connectivity index (χ0v) is 9.98. The van der Waals surface area contributed by atoms with Crippen LogP contribution in [0.25, 0.3) is 6.08 Å². The molecule has 1 rings (SSSR count). The lowest BCUT2D eigenvalue weighted by atomic mass is 10.3. The van der Waals surface area contributed by atoms with Crippen LogP contribution in [-0.2, 0) is 4.74 Å². The largest absolute Gasteiger partial charge is 0.461 e. The molecule has 0 aliphatic carbocycles. The Bertz CT molecular complexity index is 349. The highest BCUT2D eigenvalue weighted by Gasteiger charge is 2.13. The van der Waals surface area contributed by atoms with E-state index in [1.807, 2.05) is 12.2 Å². The molecule has 0 bridgehead atoms. The number of halogens is 1. The lowest BCUT2D eigenvalue weighted by Gasteiger charge is -1.98. The highest BCUT2D eigenvalue weighted by Crippen LogP contribution is 2.16. The van der Waals surface area contributed by atoms with E-state index in [1.54, 1.807) is 12.4 Å². The van der Waals surface area contributed by atoms with Gasteiger partial charge in [-0.1, -0.05) is 6.08 Å². The van der Waals surface area contributed by atoms with Crippen LogP contribution < -0.4 is 0 Å². The summed E-state index contributed by atoms with van der Waals surface area (Å²) < 4.78 is 4.88. The van der Waals surface area contributed by atoms with Gasteiger partial charge < -0.3 is 4.74 Å². The molecule has 0 saturated carbocycles. The lowest BCUT2D eigenvalue weighted by molar-refractivity contribution is 0.0520. The van der Waals surface area contributed by atoms with Crippen LogP contribution in [0.2, 0.25) is 0 Å². The summed E-state index contributed by atoms with van der Waals surface area (Å²) in [7, 11) is 0. The van der Waals surface area contributed by atoms with Gasteiger partial charge >= 0.3 is 5.97 Å². The summed E-state index contributed by atoms with van der Waals surface area (Å²) in [5.41, 5.74) is 2.01. The zero-order chi connectivity index (χ0) is 11.1. The van der Waals surface area contributed by atoms with Crippen LogP contribution in [0.15, 0.2) is 11.6 Å². The minimum atomic E-state index is -0.371. The number of alkyl halides is 1. The Balaban J connectivity index is 2.73. The van der Waals surface area contributed by atoms with Crippen LogP contribution in [-0.4, -0.2) is 23.4 Å². The van der Waals surface area contributed by atoms with E-state index in [0.29, 0.717) is 18.2 Å². The molecule has 0 aliphatic heterocycles. The molecule has 82 valence electrons. The van der Waals surface area contributed by atoms with E-state index in [9.17, 15) is 4.79 Å². The molecule has 0 amide bonds. The molecule has 1 heterocycles. The number of thiazole rings is 1. The number of esters is 1. The first-order valence-corrected chi connectivity index (χ1v) is 6.04. The fourth-order valence-corrected chi connectivity index (χ4v) is 1.80. The van der Waals surface area contributed by atoms with Crippen molar-refractivity contribution in [3.8, 4) is 0 Å². The molecule has 0 unspecified atom stereocenters. The minimum Gasteiger partial charge on any atom is -0.461 e. The Kier molecular flexibility index (Phi) is 5.36. The van der Waals surface area contributed by atoms with E-state index in [1.165, 1.54) is 11.3 Å². The molecule has 0 fully saturated rings. The number of nitrogens with zero attached hydrogens (tertiary/aromatic N) is 1. The number of rotatable bonds is 5. The molecule has 1 aromatic heterocycles. The number of aromatic nitrogens is 1. The second kappa shape index (κ2) is 6.58. The van der Waals surface area contributed by atoms with Crippen LogP contribution in [0.5, 0.6) is 0 Å². The fraction of sp³-hybridized carbons (Fsp3) is 0.400. The molecule has 0 N–H and O–H groups in total. The van der Waals surface area contributed by atoms with Gasteiger partial charge in [0.25, 0.3) is 0 Å². The summed E-state index contributed by atoms with van der Waals surface area (Å²) in [5, 5.41) is 0. The van der Waals surface area contributed by atoms with E-state index in [0.717, 1.165) is 11.3 Å². The molecule has 0 spiro atoms. The van der Waals surface area contributed by atoms with Gasteiger partial charge in [0.1, 0.15) is 0 Å². The second-order valence-electron chi connectivity index (χ2n) is 2.67. The number of allylic oxidation sites excluding steroid dienone is 1. The summed E-state index contributed by atoms with van der Waals surface area (Å²) in [5.74, 6) is 0.202. The number of ether oxygens (including phenoxy) is 1. The maximum atomic E-state index is 11.4. The average molecular weight is 246 g/mol. The Hall–Kier alpha value is -0.870. The standard InChI is InChI=1S/C10H12ClNO2S/c1-2-14-10(13)9-8(15-7-12-9)5-3-4-6-11/h3,5,7H,2,4,6H2,1H3. The predicted molar refractivity (Wildman–Crippen MR) is 62.4 cm³/mol. The van der Waals surface area contributed by atoms with Crippen molar-refractivity contribution in [1.29, 1.82) is 0 Å². The van der Waals surface area contributed by atoms with E-state index in [4.69, 9.17) is 16.3 Å². The van der Waals surface area contributed by atoms with E-state index < -0.39 is 0 Å². The van der Waals surface area contributed by atoms with E-state index >= 15 is 0 Å². The van der Waals surface area contributed by atoms with Crippen molar-refractivity contribution in [2.24, 2.45) is 0 Å². The monoisotopic (exact) mass is 245 g/mol. The van der Waals surface area contributed by atoms with Crippen molar-refractivity contribution in [2.75, 3.05) is 12.5 Å². The highest BCUT2D eigenvalue weighted by molar-refractivity contribution is 7.10. The van der Waals surface area contributed by atoms with Gasteiger partial charge in [0.2, 0.25) is 0 Å². The van der Waals surface area contributed by atoms with Crippen molar-refractivity contribution in [1.82, 2.24) is 4.98 Å². The number of carbonyl (C=O) groups is 1. The molecule has 0 atom stereocenters. The Morgan fingerprint density at radius 1 is 1.73 bits per heavy atom. The summed E-state index contributed by atoms with van der Waals surface area (Å²) in [4.78, 5) is 16.2. The smallest absolute Gasteiger partial charge is 0.358 e. The molecule has 0 saturated heterocycles. The number of hydrogen-bond donors (Lipinski definition) is 0. The highest BCUT2D eigenvalue weighted by atomic mass is 35.5. The van der Waals surface area contributed by atoms with Crippen molar-refractivity contribution in [3.05, 3.63) is 22.2 Å². The first-order valence-electron chi connectivity index (χ1n) is 4.62. The first kappa shape index (κ1) is 12.2. The molecule has 15 heavy (non-hydrogen) atoms. The van der Waals surface area contributed by atoms with Crippen molar-refractivity contribution >= 4 is 35.0 Å². The van der Waals surface area contributed by atoms with Crippen molar-refractivity contribution in [2.45, 2.75) is 13.3 Å². The molecule has 0 radical (unpaired) electrons. The van der Waals surface area contributed by atoms with Gasteiger partial charge in [0, 0.05) is 5.88 Å². The third-order valence-corrected chi connectivity index (χ3v) is 2.62. The molecule has 0 aromatic carbocycles. The van der Waals surface area contributed by atoms with Gasteiger partial charge in [0.05, 0.1) is 17.0 Å². The first-order chi connectivity index (χ1) is 7.29. The predicted octanol–water partition coefficient (Wildman–Crippen LogP) is 2.96. The van der Waals surface area contributed by atoms with Gasteiger partial charge in [-0.05, 0) is 19.4 Å². The van der Waals surface area contributed by atoms with Crippen LogP contribution in [0.3, 0.4) is 0 Å². The van der Waals surface area contributed by atoms with Crippen molar-refractivity contribution < 1.29 is 9.53 Å². The molecule has 5 heteroatoms. The van der Waals surface area contributed by atoms with Gasteiger partial charge in [-0.3, -0.25) is 0 Å². The van der Waals surface area contributed by atoms with E-state index in [-0.39, 0.29) is 5.97 Å². The fourth-order valence-electron chi connectivity index (χ4n) is 0.980. The lowest BCUT2D eigenvalue weighted by Crippen LogP contribution is -2.06. The number of carbonyl (C=O) groups excluding carboxylic acids is 1.